The summed E-state index contributed by atoms with van der Waals surface area (Å²) in [4.78, 5) is 23.5. The molecule has 160 valence electrons. The minimum atomic E-state index is -1.20. The van der Waals surface area contributed by atoms with Gasteiger partial charge in [0.15, 0.2) is 5.79 Å². The first kappa shape index (κ1) is 21.6. The van der Waals surface area contributed by atoms with Crippen molar-refractivity contribution in [2.24, 2.45) is 0 Å². The number of carbonyl (C=O) groups is 2. The van der Waals surface area contributed by atoms with E-state index in [0.29, 0.717) is 6.61 Å². The van der Waals surface area contributed by atoms with Crippen molar-refractivity contribution in [1.82, 2.24) is 5.32 Å². The standard InChI is InChI=1S/C21H27F2NO5/c1-13(25)24-19(11-16-12-27-21(29-16)8-4-3-5-9-21)20(28-14(2)26)17-10-15(22)6-7-18(17)23/h6-7,10,16,19-20H,3-5,8-9,11-12H2,1-2H3,(H,24,25)/t16-,19?,20?/m0/s1. The quantitative estimate of drug-likeness (QED) is 0.725. The van der Waals surface area contributed by atoms with Gasteiger partial charge in [-0.25, -0.2) is 8.78 Å². The molecule has 1 heterocycles. The Kier molecular flexibility index (Phi) is 6.85. The second-order valence-electron chi connectivity index (χ2n) is 7.76. The number of halogens is 2. The van der Waals surface area contributed by atoms with Crippen LogP contribution in [-0.4, -0.2) is 36.4 Å². The fraction of sp³-hybridized carbons (Fsp3) is 0.619. The highest BCUT2D eigenvalue weighted by Crippen LogP contribution is 2.39. The summed E-state index contributed by atoms with van der Waals surface area (Å²) in [6, 6.07) is 2.13. The van der Waals surface area contributed by atoms with Crippen LogP contribution in [0.15, 0.2) is 18.2 Å². The van der Waals surface area contributed by atoms with Gasteiger partial charge in [0.05, 0.1) is 18.8 Å². The molecule has 1 saturated heterocycles. The molecule has 1 aliphatic heterocycles. The van der Waals surface area contributed by atoms with Crippen LogP contribution < -0.4 is 5.32 Å². The van der Waals surface area contributed by atoms with Crippen molar-refractivity contribution in [2.75, 3.05) is 6.61 Å². The van der Waals surface area contributed by atoms with Crippen LogP contribution in [-0.2, 0) is 23.8 Å². The Morgan fingerprint density at radius 1 is 1.24 bits per heavy atom. The zero-order chi connectivity index (χ0) is 21.0. The summed E-state index contributed by atoms with van der Waals surface area (Å²) < 4.78 is 45.6. The molecule has 0 radical (unpaired) electrons. The van der Waals surface area contributed by atoms with Crippen molar-refractivity contribution in [3.63, 3.8) is 0 Å². The van der Waals surface area contributed by atoms with Crippen molar-refractivity contribution in [1.29, 1.82) is 0 Å². The molecular weight excluding hydrogens is 384 g/mol. The molecule has 0 bridgehead atoms. The van der Waals surface area contributed by atoms with Crippen LogP contribution in [0.3, 0.4) is 0 Å². The molecule has 2 unspecified atom stereocenters. The minimum Gasteiger partial charge on any atom is -0.455 e. The molecule has 0 aromatic heterocycles. The topological polar surface area (TPSA) is 73.9 Å². The number of benzene rings is 1. The predicted molar refractivity (Wildman–Crippen MR) is 99.7 cm³/mol. The van der Waals surface area contributed by atoms with Crippen LogP contribution in [0.2, 0.25) is 0 Å². The van der Waals surface area contributed by atoms with Crippen LogP contribution in [0.4, 0.5) is 8.78 Å². The van der Waals surface area contributed by atoms with E-state index in [1.54, 1.807) is 0 Å². The van der Waals surface area contributed by atoms with Gasteiger partial charge in [0.2, 0.25) is 5.91 Å². The lowest BCUT2D eigenvalue weighted by Crippen LogP contribution is -2.43. The zero-order valence-corrected chi connectivity index (χ0v) is 16.7. The van der Waals surface area contributed by atoms with Gasteiger partial charge in [0, 0.05) is 38.7 Å². The lowest BCUT2D eigenvalue weighted by molar-refractivity contribution is -0.188. The molecule has 2 fully saturated rings. The highest BCUT2D eigenvalue weighted by molar-refractivity contribution is 5.73. The van der Waals surface area contributed by atoms with E-state index in [1.807, 2.05) is 0 Å². The Labute approximate surface area is 168 Å². The van der Waals surface area contributed by atoms with Gasteiger partial charge in [0.25, 0.3) is 0 Å². The highest BCUT2D eigenvalue weighted by Gasteiger charge is 2.44. The Bertz CT molecular complexity index is 751. The molecule has 2 aliphatic rings. The van der Waals surface area contributed by atoms with E-state index in [-0.39, 0.29) is 24.0 Å². The number of amides is 1. The normalized spacial score (nSPS) is 22.8. The second kappa shape index (κ2) is 9.17. The largest absolute Gasteiger partial charge is 0.455 e. The predicted octanol–water partition coefficient (Wildman–Crippen LogP) is 3.54. The average molecular weight is 411 g/mol. The van der Waals surface area contributed by atoms with E-state index in [9.17, 15) is 18.4 Å². The van der Waals surface area contributed by atoms with E-state index in [0.717, 1.165) is 50.3 Å². The third kappa shape index (κ3) is 5.51. The van der Waals surface area contributed by atoms with E-state index in [4.69, 9.17) is 14.2 Å². The maximum absolute atomic E-state index is 14.4. The van der Waals surface area contributed by atoms with Crippen molar-refractivity contribution >= 4 is 11.9 Å². The molecule has 1 amide bonds. The van der Waals surface area contributed by atoms with Crippen LogP contribution in [0.5, 0.6) is 0 Å². The molecule has 1 aromatic carbocycles. The summed E-state index contributed by atoms with van der Waals surface area (Å²) in [6.07, 6.45) is 3.47. The molecule has 3 rings (SSSR count). The fourth-order valence-corrected chi connectivity index (χ4v) is 4.16. The SMILES string of the molecule is CC(=O)NC(C[C@H]1COC2(CCCCC2)O1)C(OC(C)=O)c1cc(F)ccc1F. The Balaban J connectivity index is 1.83. The van der Waals surface area contributed by atoms with Gasteiger partial charge >= 0.3 is 5.97 Å². The molecule has 29 heavy (non-hydrogen) atoms. The third-order valence-corrected chi connectivity index (χ3v) is 5.36. The molecule has 1 aromatic rings. The summed E-state index contributed by atoms with van der Waals surface area (Å²) in [7, 11) is 0. The lowest BCUT2D eigenvalue weighted by Gasteiger charge is -2.33. The Morgan fingerprint density at radius 3 is 2.62 bits per heavy atom. The second-order valence-corrected chi connectivity index (χ2v) is 7.76. The average Bonchev–Trinajstić information content (AvgIpc) is 3.03. The van der Waals surface area contributed by atoms with E-state index in [1.165, 1.54) is 13.8 Å². The molecule has 6 nitrogen and oxygen atoms in total. The van der Waals surface area contributed by atoms with Gasteiger partial charge in [-0.05, 0) is 31.0 Å². The molecule has 8 heteroatoms. The van der Waals surface area contributed by atoms with E-state index in [2.05, 4.69) is 5.32 Å². The highest BCUT2D eigenvalue weighted by atomic mass is 19.1. The first-order chi connectivity index (χ1) is 13.8. The summed E-state index contributed by atoms with van der Waals surface area (Å²) >= 11 is 0. The van der Waals surface area contributed by atoms with Crippen LogP contribution >= 0.6 is 0 Å². The van der Waals surface area contributed by atoms with Crippen LogP contribution in [0, 0.1) is 11.6 Å². The van der Waals surface area contributed by atoms with Gasteiger partial charge in [-0.15, -0.1) is 0 Å². The number of ether oxygens (including phenoxy) is 3. The third-order valence-electron chi connectivity index (χ3n) is 5.36. The van der Waals surface area contributed by atoms with E-state index >= 15 is 0 Å². The monoisotopic (exact) mass is 411 g/mol. The minimum absolute atomic E-state index is 0.134. The number of hydrogen-bond acceptors (Lipinski definition) is 5. The van der Waals surface area contributed by atoms with Gasteiger partial charge < -0.3 is 19.5 Å². The van der Waals surface area contributed by atoms with Gasteiger partial charge in [-0.1, -0.05) is 6.42 Å². The lowest BCUT2D eigenvalue weighted by atomic mass is 9.94. The van der Waals surface area contributed by atoms with Gasteiger partial charge in [-0.2, -0.15) is 0 Å². The van der Waals surface area contributed by atoms with Gasteiger partial charge in [0.1, 0.15) is 17.7 Å². The van der Waals surface area contributed by atoms with Crippen molar-refractivity contribution in [2.45, 2.75) is 76.4 Å². The first-order valence-corrected chi connectivity index (χ1v) is 9.99. The molecule has 1 saturated carbocycles. The number of rotatable bonds is 6. The summed E-state index contributed by atoms with van der Waals surface area (Å²) in [5.41, 5.74) is -0.134. The molecule has 1 N–H and O–H groups in total. The van der Waals surface area contributed by atoms with Crippen molar-refractivity contribution < 1.29 is 32.6 Å². The molecule has 1 aliphatic carbocycles. The summed E-state index contributed by atoms with van der Waals surface area (Å²) in [5.74, 6) is -3.04. The molecule has 3 atom stereocenters. The summed E-state index contributed by atoms with van der Waals surface area (Å²) in [5, 5.41) is 2.71. The van der Waals surface area contributed by atoms with Crippen LogP contribution in [0.1, 0.15) is 64.0 Å². The van der Waals surface area contributed by atoms with Crippen molar-refractivity contribution in [3.05, 3.63) is 35.4 Å². The Hall–Kier alpha value is -2.06. The Morgan fingerprint density at radius 2 is 1.97 bits per heavy atom. The first-order valence-electron chi connectivity index (χ1n) is 9.99. The zero-order valence-electron chi connectivity index (χ0n) is 16.7. The maximum atomic E-state index is 14.4. The fourth-order valence-electron chi connectivity index (χ4n) is 4.16. The van der Waals surface area contributed by atoms with Gasteiger partial charge in [-0.3, -0.25) is 9.59 Å². The number of hydrogen-bond donors (Lipinski definition) is 1. The molecular formula is C21H27F2NO5. The molecule has 1 spiro atoms. The smallest absolute Gasteiger partial charge is 0.303 e. The summed E-state index contributed by atoms with van der Waals surface area (Å²) in [6.45, 7) is 2.82. The maximum Gasteiger partial charge on any atom is 0.303 e. The van der Waals surface area contributed by atoms with E-state index < -0.39 is 35.5 Å². The van der Waals surface area contributed by atoms with Crippen molar-refractivity contribution in [3.8, 4) is 0 Å². The number of carbonyl (C=O) groups excluding carboxylic acids is 2. The van der Waals surface area contributed by atoms with Crippen LogP contribution in [0.25, 0.3) is 0 Å². The number of esters is 1. The number of nitrogens with one attached hydrogen (secondary N) is 1.